The molecule has 0 aliphatic carbocycles. The minimum Gasteiger partial charge on any atom is -0.282 e. The van der Waals surface area contributed by atoms with Gasteiger partial charge in [0.05, 0.1) is 4.90 Å². The van der Waals surface area contributed by atoms with Crippen molar-refractivity contribution in [3.05, 3.63) is 28.8 Å². The van der Waals surface area contributed by atoms with Crippen LogP contribution in [0, 0.1) is 0 Å². The van der Waals surface area contributed by atoms with Crippen LogP contribution in [0.2, 0.25) is 0 Å². The Hall–Kier alpha value is -0.870. The van der Waals surface area contributed by atoms with Crippen LogP contribution in [0.3, 0.4) is 0 Å². The molecule has 1 N–H and O–H groups in total. The Morgan fingerprint density at radius 3 is 1.63 bits per heavy atom. The molecule has 0 fully saturated rings. The molecule has 0 aromatic heterocycles. The molecular formula is C15H24O3S. The van der Waals surface area contributed by atoms with Gasteiger partial charge in [-0.15, -0.1) is 0 Å². The smallest absolute Gasteiger partial charge is 0.282 e. The molecule has 0 amide bonds. The fourth-order valence-electron chi connectivity index (χ4n) is 2.60. The van der Waals surface area contributed by atoms with E-state index in [9.17, 15) is 13.0 Å². The number of hydrogen-bond acceptors (Lipinski definition) is 2. The molecule has 0 unspecified atom stereocenters. The SMILES string of the molecule is CC(C)c1ccc(S(=O)(=O)O)c(C(C)C)c1C(C)C. The lowest BCUT2D eigenvalue weighted by molar-refractivity contribution is 0.480. The molecule has 0 heterocycles. The zero-order chi connectivity index (χ0) is 15.0. The van der Waals surface area contributed by atoms with E-state index in [1.807, 2.05) is 19.9 Å². The van der Waals surface area contributed by atoms with Crippen molar-refractivity contribution in [3.8, 4) is 0 Å². The normalized spacial score (nSPS) is 12.7. The maximum atomic E-state index is 11.6. The summed E-state index contributed by atoms with van der Waals surface area (Å²) in [5.74, 6) is 0.592. The van der Waals surface area contributed by atoms with Gasteiger partial charge in [0.25, 0.3) is 10.1 Å². The zero-order valence-corrected chi connectivity index (χ0v) is 13.4. The second kappa shape index (κ2) is 5.63. The Morgan fingerprint density at radius 1 is 0.842 bits per heavy atom. The number of hydrogen-bond donors (Lipinski definition) is 1. The fourth-order valence-corrected chi connectivity index (χ4v) is 3.47. The van der Waals surface area contributed by atoms with Crippen LogP contribution in [-0.4, -0.2) is 13.0 Å². The van der Waals surface area contributed by atoms with Crippen molar-refractivity contribution in [2.24, 2.45) is 0 Å². The Morgan fingerprint density at radius 2 is 1.32 bits per heavy atom. The average Bonchev–Trinajstić information content (AvgIpc) is 2.25. The first-order chi connectivity index (χ1) is 8.57. The Kier molecular flexibility index (Phi) is 4.80. The van der Waals surface area contributed by atoms with Gasteiger partial charge in [-0.2, -0.15) is 8.42 Å². The molecule has 0 radical (unpaired) electrons. The van der Waals surface area contributed by atoms with Gasteiger partial charge >= 0.3 is 0 Å². The van der Waals surface area contributed by atoms with Crippen LogP contribution in [-0.2, 0) is 10.1 Å². The quantitative estimate of drug-likeness (QED) is 0.838. The molecule has 0 aliphatic rings. The molecule has 0 saturated carbocycles. The fraction of sp³-hybridized carbons (Fsp3) is 0.600. The van der Waals surface area contributed by atoms with Crippen LogP contribution >= 0.6 is 0 Å². The average molecular weight is 284 g/mol. The summed E-state index contributed by atoms with van der Waals surface area (Å²) in [4.78, 5) is 0.0515. The Bertz CT molecular complexity index is 555. The van der Waals surface area contributed by atoms with E-state index < -0.39 is 10.1 Å². The van der Waals surface area contributed by atoms with Crippen LogP contribution in [0.5, 0.6) is 0 Å². The minimum atomic E-state index is -4.18. The Balaban J connectivity index is 3.79. The van der Waals surface area contributed by atoms with Crippen LogP contribution in [0.15, 0.2) is 17.0 Å². The van der Waals surface area contributed by atoms with Crippen molar-refractivity contribution in [2.45, 2.75) is 64.2 Å². The van der Waals surface area contributed by atoms with Gasteiger partial charge in [0, 0.05) is 0 Å². The molecule has 1 aromatic carbocycles. The molecule has 1 rings (SSSR count). The molecule has 0 spiro atoms. The first-order valence-corrected chi connectivity index (χ1v) is 8.15. The highest BCUT2D eigenvalue weighted by molar-refractivity contribution is 7.85. The highest BCUT2D eigenvalue weighted by Crippen LogP contribution is 2.37. The van der Waals surface area contributed by atoms with Crippen molar-refractivity contribution >= 4 is 10.1 Å². The molecular weight excluding hydrogens is 260 g/mol. The molecule has 1 aromatic rings. The zero-order valence-electron chi connectivity index (χ0n) is 12.6. The van der Waals surface area contributed by atoms with E-state index in [0.717, 1.165) is 16.7 Å². The van der Waals surface area contributed by atoms with Crippen molar-refractivity contribution in [2.75, 3.05) is 0 Å². The van der Waals surface area contributed by atoms with Gasteiger partial charge in [-0.25, -0.2) is 0 Å². The summed E-state index contributed by atoms with van der Waals surface area (Å²) >= 11 is 0. The lowest BCUT2D eigenvalue weighted by atomic mass is 9.83. The maximum Gasteiger partial charge on any atom is 0.294 e. The summed E-state index contributed by atoms with van der Waals surface area (Å²) in [5, 5.41) is 0. The molecule has 0 atom stereocenters. The predicted molar refractivity (Wildman–Crippen MR) is 78.5 cm³/mol. The topological polar surface area (TPSA) is 54.4 Å². The third kappa shape index (κ3) is 3.37. The third-order valence-corrected chi connectivity index (χ3v) is 4.25. The van der Waals surface area contributed by atoms with E-state index in [-0.39, 0.29) is 16.7 Å². The predicted octanol–water partition coefficient (Wildman–Crippen LogP) is 4.30. The summed E-state index contributed by atoms with van der Waals surface area (Å²) in [6.45, 7) is 12.2. The highest BCUT2D eigenvalue weighted by atomic mass is 32.2. The summed E-state index contributed by atoms with van der Waals surface area (Å²) < 4.78 is 32.6. The second-order valence-electron chi connectivity index (χ2n) is 5.92. The van der Waals surface area contributed by atoms with E-state index in [4.69, 9.17) is 0 Å². The molecule has 108 valence electrons. The van der Waals surface area contributed by atoms with Gasteiger partial charge in [0.15, 0.2) is 0 Å². The first kappa shape index (κ1) is 16.2. The van der Waals surface area contributed by atoms with Gasteiger partial charge in [0.1, 0.15) is 0 Å². The van der Waals surface area contributed by atoms with Crippen molar-refractivity contribution in [1.82, 2.24) is 0 Å². The molecule has 19 heavy (non-hydrogen) atoms. The Labute approximate surface area is 116 Å². The molecule has 3 nitrogen and oxygen atoms in total. The maximum absolute atomic E-state index is 11.6. The minimum absolute atomic E-state index is 0.0491. The molecule has 0 saturated heterocycles. The van der Waals surface area contributed by atoms with Gasteiger partial charge in [0.2, 0.25) is 0 Å². The van der Waals surface area contributed by atoms with E-state index in [0.29, 0.717) is 5.92 Å². The standard InChI is InChI=1S/C15H24O3S/c1-9(2)12-7-8-13(19(16,17)18)15(11(5)6)14(12)10(3)4/h7-11H,1-6H3,(H,16,17,18). The number of rotatable bonds is 4. The van der Waals surface area contributed by atoms with Crippen molar-refractivity contribution < 1.29 is 13.0 Å². The van der Waals surface area contributed by atoms with Gasteiger partial charge in [-0.05, 0) is 40.5 Å². The first-order valence-electron chi connectivity index (χ1n) is 6.71. The summed E-state index contributed by atoms with van der Waals surface area (Å²) in [7, 11) is -4.18. The molecule has 4 heteroatoms. The molecule has 0 bridgehead atoms. The molecule has 0 aliphatic heterocycles. The van der Waals surface area contributed by atoms with E-state index in [1.165, 1.54) is 6.07 Å². The van der Waals surface area contributed by atoms with Crippen LogP contribution in [0.25, 0.3) is 0 Å². The van der Waals surface area contributed by atoms with Crippen LogP contribution in [0.1, 0.15) is 76.0 Å². The summed E-state index contributed by atoms with van der Waals surface area (Å²) in [5.41, 5.74) is 2.97. The van der Waals surface area contributed by atoms with Gasteiger partial charge in [-0.3, -0.25) is 4.55 Å². The van der Waals surface area contributed by atoms with Gasteiger partial charge < -0.3 is 0 Å². The lowest BCUT2D eigenvalue weighted by Crippen LogP contribution is -2.12. The highest BCUT2D eigenvalue weighted by Gasteiger charge is 2.25. The second-order valence-corrected chi connectivity index (χ2v) is 7.31. The monoisotopic (exact) mass is 284 g/mol. The van der Waals surface area contributed by atoms with Crippen LogP contribution in [0.4, 0.5) is 0 Å². The number of benzene rings is 1. The van der Waals surface area contributed by atoms with Crippen molar-refractivity contribution in [3.63, 3.8) is 0 Å². The van der Waals surface area contributed by atoms with E-state index in [1.54, 1.807) is 0 Å². The van der Waals surface area contributed by atoms with E-state index >= 15 is 0 Å². The third-order valence-electron chi connectivity index (χ3n) is 3.34. The van der Waals surface area contributed by atoms with E-state index in [2.05, 4.69) is 27.7 Å². The van der Waals surface area contributed by atoms with Gasteiger partial charge in [-0.1, -0.05) is 47.6 Å². The summed E-state index contributed by atoms with van der Waals surface area (Å²) in [6, 6.07) is 3.36. The van der Waals surface area contributed by atoms with Crippen LogP contribution < -0.4 is 0 Å². The van der Waals surface area contributed by atoms with Crippen molar-refractivity contribution in [1.29, 1.82) is 0 Å². The largest absolute Gasteiger partial charge is 0.294 e. The summed E-state index contributed by atoms with van der Waals surface area (Å²) in [6.07, 6.45) is 0. The lowest BCUT2D eigenvalue weighted by Gasteiger charge is -2.24.